The van der Waals surface area contributed by atoms with Gasteiger partial charge in [0.05, 0.1) is 12.6 Å². The van der Waals surface area contributed by atoms with Crippen LogP contribution in [0.2, 0.25) is 0 Å². The van der Waals surface area contributed by atoms with Gasteiger partial charge in [-0.15, -0.1) is 0 Å². The van der Waals surface area contributed by atoms with E-state index in [1.54, 1.807) is 12.3 Å². The third kappa shape index (κ3) is 3.24. The molecule has 0 unspecified atom stereocenters. The Labute approximate surface area is 169 Å². The van der Waals surface area contributed by atoms with Crippen LogP contribution in [0.15, 0.2) is 54.9 Å². The molecule has 1 amide bonds. The number of hydrogen-bond acceptors (Lipinski definition) is 4. The van der Waals surface area contributed by atoms with Gasteiger partial charge in [0.15, 0.2) is 11.5 Å². The quantitative estimate of drug-likeness (QED) is 0.680. The molecule has 0 N–H and O–H groups in total. The average molecular weight is 389 g/mol. The third-order valence-electron chi connectivity index (χ3n) is 5.83. The first-order valence-electron chi connectivity index (χ1n) is 9.95. The summed E-state index contributed by atoms with van der Waals surface area (Å²) in [4.78, 5) is 20.1. The van der Waals surface area contributed by atoms with Crippen LogP contribution < -0.4 is 9.47 Å². The van der Waals surface area contributed by atoms with Crippen molar-refractivity contribution in [2.24, 2.45) is 7.05 Å². The van der Waals surface area contributed by atoms with Crippen LogP contribution in [0.5, 0.6) is 11.5 Å². The fourth-order valence-electron chi connectivity index (χ4n) is 4.27. The molecule has 0 saturated carbocycles. The summed E-state index contributed by atoms with van der Waals surface area (Å²) in [5, 5.41) is 0. The van der Waals surface area contributed by atoms with E-state index in [4.69, 9.17) is 9.47 Å². The highest BCUT2D eigenvalue weighted by Crippen LogP contribution is 2.37. The number of carbonyl (C=O) groups is 1. The van der Waals surface area contributed by atoms with Crippen molar-refractivity contribution in [1.82, 2.24) is 14.5 Å². The van der Waals surface area contributed by atoms with Crippen LogP contribution in [0, 0.1) is 0 Å². The number of benzene rings is 2. The van der Waals surface area contributed by atoms with Crippen molar-refractivity contribution < 1.29 is 14.3 Å². The number of fused-ring (bicyclic) bond motifs is 2. The van der Waals surface area contributed by atoms with Crippen molar-refractivity contribution in [1.29, 1.82) is 0 Å². The summed E-state index contributed by atoms with van der Waals surface area (Å²) in [6, 6.07) is 13.9. The number of carbonyl (C=O) groups excluding carboxylic acids is 1. The lowest BCUT2D eigenvalue weighted by atomic mass is 9.86. The van der Waals surface area contributed by atoms with E-state index in [9.17, 15) is 4.79 Å². The molecule has 29 heavy (non-hydrogen) atoms. The molecule has 2 heterocycles. The summed E-state index contributed by atoms with van der Waals surface area (Å²) >= 11 is 0. The van der Waals surface area contributed by atoms with Crippen LogP contribution in [0.4, 0.5) is 0 Å². The summed E-state index contributed by atoms with van der Waals surface area (Å²) in [5.41, 5.74) is 3.17. The summed E-state index contributed by atoms with van der Waals surface area (Å²) < 4.78 is 12.9. The van der Waals surface area contributed by atoms with Gasteiger partial charge in [-0.25, -0.2) is 4.98 Å². The summed E-state index contributed by atoms with van der Waals surface area (Å²) in [6.45, 7) is 0.649. The Hall–Kier alpha value is -3.28. The van der Waals surface area contributed by atoms with Crippen molar-refractivity contribution in [3.8, 4) is 11.5 Å². The van der Waals surface area contributed by atoms with E-state index in [0.717, 1.165) is 25.1 Å². The molecule has 1 atom stereocenters. The van der Waals surface area contributed by atoms with E-state index in [0.29, 0.717) is 23.6 Å². The van der Waals surface area contributed by atoms with E-state index in [1.807, 2.05) is 34.8 Å². The maximum atomic E-state index is 13.7. The second kappa shape index (κ2) is 7.28. The van der Waals surface area contributed by atoms with E-state index in [1.165, 1.54) is 11.1 Å². The molecule has 0 spiro atoms. The average Bonchev–Trinajstić information content (AvgIpc) is 3.39. The Morgan fingerprint density at radius 2 is 2.07 bits per heavy atom. The molecule has 6 nitrogen and oxygen atoms in total. The smallest absolute Gasteiger partial charge is 0.254 e. The highest BCUT2D eigenvalue weighted by Gasteiger charge is 2.31. The number of imidazole rings is 1. The maximum absolute atomic E-state index is 13.7. The minimum Gasteiger partial charge on any atom is -0.454 e. The van der Waals surface area contributed by atoms with Gasteiger partial charge >= 0.3 is 0 Å². The van der Waals surface area contributed by atoms with Crippen LogP contribution in [-0.4, -0.2) is 27.2 Å². The van der Waals surface area contributed by atoms with Crippen LogP contribution in [-0.2, 0) is 20.0 Å². The zero-order valence-electron chi connectivity index (χ0n) is 16.4. The number of amides is 1. The Kier molecular flexibility index (Phi) is 4.46. The Balaban J connectivity index is 1.54. The molecule has 3 aromatic rings. The number of rotatable bonds is 4. The molecule has 6 heteroatoms. The standard InChI is InChI=1S/C23H23N3O3/c1-25-12-11-24-22(25)14-26(19-8-4-6-16-5-2-3-7-18(16)19)23(27)17-9-10-20-21(13-17)29-15-28-20/h2-3,5,7,9-13,19H,4,6,8,14-15H2,1H3/t19-/m0/s1. The molecule has 0 fully saturated rings. The molecule has 1 aliphatic heterocycles. The fraction of sp³-hybridized carbons (Fsp3) is 0.304. The highest BCUT2D eigenvalue weighted by molar-refractivity contribution is 5.95. The van der Waals surface area contributed by atoms with Gasteiger partial charge < -0.3 is 18.9 Å². The first-order chi connectivity index (χ1) is 14.2. The van der Waals surface area contributed by atoms with Crippen molar-refractivity contribution in [3.05, 3.63) is 77.4 Å². The predicted octanol–water partition coefficient (Wildman–Crippen LogP) is 3.87. The number of aryl methyl sites for hydroxylation is 2. The molecule has 0 bridgehead atoms. The molecular weight excluding hydrogens is 366 g/mol. The van der Waals surface area contributed by atoms with Gasteiger partial charge in [0.1, 0.15) is 5.82 Å². The zero-order chi connectivity index (χ0) is 19.8. The van der Waals surface area contributed by atoms with Gasteiger partial charge in [-0.2, -0.15) is 0 Å². The van der Waals surface area contributed by atoms with Crippen LogP contribution in [0.3, 0.4) is 0 Å². The van der Waals surface area contributed by atoms with Crippen LogP contribution in [0.1, 0.15) is 46.2 Å². The summed E-state index contributed by atoms with van der Waals surface area (Å²) in [6.07, 6.45) is 6.74. The predicted molar refractivity (Wildman–Crippen MR) is 108 cm³/mol. The number of nitrogens with zero attached hydrogens (tertiary/aromatic N) is 3. The molecule has 1 aromatic heterocycles. The molecule has 2 aromatic carbocycles. The Morgan fingerprint density at radius 3 is 2.93 bits per heavy atom. The van der Waals surface area contributed by atoms with E-state index >= 15 is 0 Å². The van der Waals surface area contributed by atoms with E-state index in [2.05, 4.69) is 29.2 Å². The van der Waals surface area contributed by atoms with Gasteiger partial charge in [-0.3, -0.25) is 4.79 Å². The summed E-state index contributed by atoms with van der Waals surface area (Å²) in [5.74, 6) is 2.15. The van der Waals surface area contributed by atoms with Crippen molar-refractivity contribution >= 4 is 5.91 Å². The lowest BCUT2D eigenvalue weighted by Gasteiger charge is -2.36. The lowest BCUT2D eigenvalue weighted by molar-refractivity contribution is 0.0629. The third-order valence-corrected chi connectivity index (χ3v) is 5.83. The number of ether oxygens (including phenoxy) is 2. The highest BCUT2D eigenvalue weighted by atomic mass is 16.7. The SMILES string of the molecule is Cn1ccnc1CN(C(=O)c1ccc2c(c1)OCO2)[C@H]1CCCc2ccccc21. The van der Waals surface area contributed by atoms with E-state index in [-0.39, 0.29) is 18.7 Å². The van der Waals surface area contributed by atoms with Crippen molar-refractivity contribution in [3.63, 3.8) is 0 Å². The summed E-state index contributed by atoms with van der Waals surface area (Å²) in [7, 11) is 1.96. The second-order valence-corrected chi connectivity index (χ2v) is 7.56. The van der Waals surface area contributed by atoms with Crippen molar-refractivity contribution in [2.75, 3.05) is 6.79 Å². The Morgan fingerprint density at radius 1 is 1.21 bits per heavy atom. The molecule has 148 valence electrons. The van der Waals surface area contributed by atoms with Crippen molar-refractivity contribution in [2.45, 2.75) is 31.8 Å². The van der Waals surface area contributed by atoms with Gasteiger partial charge in [0.2, 0.25) is 6.79 Å². The topological polar surface area (TPSA) is 56.6 Å². The minimum absolute atomic E-state index is 0.0204. The Bertz CT molecular complexity index is 1060. The normalized spacial score (nSPS) is 17.1. The largest absolute Gasteiger partial charge is 0.454 e. The second-order valence-electron chi connectivity index (χ2n) is 7.56. The molecule has 1 aliphatic carbocycles. The monoisotopic (exact) mass is 389 g/mol. The van der Waals surface area contributed by atoms with Gasteiger partial charge in [-0.05, 0) is 48.6 Å². The molecule has 0 saturated heterocycles. The number of hydrogen-bond donors (Lipinski definition) is 0. The first-order valence-corrected chi connectivity index (χ1v) is 9.95. The lowest BCUT2D eigenvalue weighted by Crippen LogP contribution is -2.37. The molecule has 5 rings (SSSR count). The first kappa shape index (κ1) is 17.8. The molecular formula is C23H23N3O3. The minimum atomic E-state index is -0.0204. The molecule has 0 radical (unpaired) electrons. The van der Waals surface area contributed by atoms with E-state index < -0.39 is 0 Å². The van der Waals surface area contributed by atoms with Crippen LogP contribution in [0.25, 0.3) is 0 Å². The van der Waals surface area contributed by atoms with Crippen LogP contribution >= 0.6 is 0 Å². The van der Waals surface area contributed by atoms with Gasteiger partial charge in [-0.1, -0.05) is 24.3 Å². The zero-order valence-corrected chi connectivity index (χ0v) is 16.4. The van der Waals surface area contributed by atoms with Gasteiger partial charge in [0, 0.05) is 25.0 Å². The fourth-order valence-corrected chi connectivity index (χ4v) is 4.27. The van der Waals surface area contributed by atoms with Gasteiger partial charge in [0.25, 0.3) is 5.91 Å². The maximum Gasteiger partial charge on any atom is 0.254 e. The molecule has 2 aliphatic rings. The number of aromatic nitrogens is 2.